The Kier molecular flexibility index (Phi) is 4.71. The van der Waals surface area contributed by atoms with Crippen molar-refractivity contribution in [2.75, 3.05) is 12.4 Å². The molecule has 1 N–H and O–H groups in total. The van der Waals surface area contributed by atoms with Gasteiger partial charge in [0.05, 0.1) is 24.7 Å². The topological polar surface area (TPSA) is 73.3 Å². The van der Waals surface area contributed by atoms with Crippen LogP contribution in [0.5, 0.6) is 5.75 Å². The van der Waals surface area contributed by atoms with Gasteiger partial charge in [-0.05, 0) is 37.6 Å². The Morgan fingerprint density at radius 2 is 2.05 bits per heavy atom. The number of methoxy groups -OCH3 is 1. The molecule has 1 aromatic heterocycles. The summed E-state index contributed by atoms with van der Waals surface area (Å²) in [7, 11) is 1.32. The number of rotatable bonds is 4. The van der Waals surface area contributed by atoms with Crippen LogP contribution in [0.25, 0.3) is 0 Å². The van der Waals surface area contributed by atoms with E-state index in [1.54, 1.807) is 24.5 Å². The van der Waals surface area contributed by atoms with Crippen molar-refractivity contribution in [3.8, 4) is 5.75 Å². The van der Waals surface area contributed by atoms with Gasteiger partial charge >= 0.3 is 6.09 Å². The van der Waals surface area contributed by atoms with Gasteiger partial charge in [0.2, 0.25) is 0 Å². The van der Waals surface area contributed by atoms with E-state index in [9.17, 15) is 4.79 Å². The van der Waals surface area contributed by atoms with E-state index < -0.39 is 6.09 Å². The third-order valence-corrected chi connectivity index (χ3v) is 2.84. The number of anilines is 1. The lowest BCUT2D eigenvalue weighted by Gasteiger charge is -2.10. The number of carbonyl (C=O) groups excluding carboxylic acids is 1. The maximum Gasteiger partial charge on any atom is 0.411 e. The van der Waals surface area contributed by atoms with Crippen molar-refractivity contribution >= 4 is 11.8 Å². The van der Waals surface area contributed by atoms with E-state index in [0.29, 0.717) is 18.0 Å². The molecule has 2 aromatic rings. The van der Waals surface area contributed by atoms with Crippen molar-refractivity contribution < 1.29 is 14.3 Å². The van der Waals surface area contributed by atoms with Crippen molar-refractivity contribution in [3.05, 3.63) is 47.5 Å². The molecule has 0 saturated heterocycles. The molecule has 1 amide bonds. The van der Waals surface area contributed by atoms with E-state index in [2.05, 4.69) is 20.0 Å². The van der Waals surface area contributed by atoms with Gasteiger partial charge in [0.1, 0.15) is 12.4 Å². The van der Waals surface area contributed by atoms with E-state index in [4.69, 9.17) is 4.74 Å². The number of aromatic nitrogens is 2. The largest absolute Gasteiger partial charge is 0.487 e. The van der Waals surface area contributed by atoms with E-state index in [1.165, 1.54) is 7.11 Å². The summed E-state index contributed by atoms with van der Waals surface area (Å²) in [5.41, 5.74) is 3.19. The van der Waals surface area contributed by atoms with Gasteiger partial charge < -0.3 is 9.47 Å². The molecule has 1 heterocycles. The lowest BCUT2D eigenvalue weighted by molar-refractivity contribution is 0.187. The predicted molar refractivity (Wildman–Crippen MR) is 78.3 cm³/mol. The lowest BCUT2D eigenvalue weighted by Crippen LogP contribution is -2.11. The van der Waals surface area contributed by atoms with Crippen LogP contribution in [0.2, 0.25) is 0 Å². The van der Waals surface area contributed by atoms with Gasteiger partial charge in [-0.25, -0.2) is 4.79 Å². The number of carbonyl (C=O) groups is 1. The molecule has 0 fully saturated rings. The van der Waals surface area contributed by atoms with Gasteiger partial charge in [-0.3, -0.25) is 15.3 Å². The molecule has 0 aliphatic heterocycles. The van der Waals surface area contributed by atoms with Gasteiger partial charge in [0, 0.05) is 11.9 Å². The highest BCUT2D eigenvalue weighted by Crippen LogP contribution is 2.22. The van der Waals surface area contributed by atoms with Gasteiger partial charge in [-0.2, -0.15) is 0 Å². The van der Waals surface area contributed by atoms with Gasteiger partial charge in [-0.15, -0.1) is 0 Å². The summed E-state index contributed by atoms with van der Waals surface area (Å²) in [6.45, 7) is 4.11. The summed E-state index contributed by atoms with van der Waals surface area (Å²) in [6, 6.07) is 5.38. The van der Waals surface area contributed by atoms with Crippen LogP contribution in [-0.4, -0.2) is 23.2 Å². The Morgan fingerprint density at radius 1 is 1.24 bits per heavy atom. The van der Waals surface area contributed by atoms with Gasteiger partial charge in [-0.1, -0.05) is 0 Å². The fourth-order valence-corrected chi connectivity index (χ4v) is 1.68. The zero-order chi connectivity index (χ0) is 15.2. The van der Waals surface area contributed by atoms with Crippen molar-refractivity contribution in [3.63, 3.8) is 0 Å². The maximum atomic E-state index is 11.2. The fourth-order valence-electron chi connectivity index (χ4n) is 1.68. The van der Waals surface area contributed by atoms with Crippen LogP contribution in [-0.2, 0) is 11.3 Å². The molecule has 6 heteroatoms. The van der Waals surface area contributed by atoms with E-state index >= 15 is 0 Å². The monoisotopic (exact) mass is 287 g/mol. The number of aryl methyl sites for hydroxylation is 2. The second kappa shape index (κ2) is 6.69. The van der Waals surface area contributed by atoms with Crippen LogP contribution < -0.4 is 10.1 Å². The SMILES string of the molecule is COC(=O)Nc1ccc(OCc2cnc(C)cn2)cc1C. The highest BCUT2D eigenvalue weighted by molar-refractivity contribution is 5.85. The molecule has 0 atom stereocenters. The number of nitrogens with zero attached hydrogens (tertiary/aromatic N) is 2. The molecule has 0 spiro atoms. The second-order valence-electron chi connectivity index (χ2n) is 4.53. The highest BCUT2D eigenvalue weighted by atomic mass is 16.5. The van der Waals surface area contributed by atoms with Gasteiger partial charge in [0.25, 0.3) is 0 Å². The molecule has 21 heavy (non-hydrogen) atoms. The van der Waals surface area contributed by atoms with Crippen molar-refractivity contribution in [1.29, 1.82) is 0 Å². The molecule has 6 nitrogen and oxygen atoms in total. The normalized spacial score (nSPS) is 10.0. The van der Waals surface area contributed by atoms with E-state index in [-0.39, 0.29) is 0 Å². The van der Waals surface area contributed by atoms with Crippen LogP contribution in [0.1, 0.15) is 17.0 Å². The van der Waals surface area contributed by atoms with Crippen molar-refractivity contribution in [2.45, 2.75) is 20.5 Å². The van der Waals surface area contributed by atoms with E-state index in [1.807, 2.05) is 19.9 Å². The fraction of sp³-hybridized carbons (Fsp3) is 0.267. The standard InChI is InChI=1S/C15H17N3O3/c1-10-6-13(4-5-14(10)18-15(19)20-3)21-9-12-8-16-11(2)7-17-12/h4-8H,9H2,1-3H3,(H,18,19). The molecular weight excluding hydrogens is 270 g/mol. The lowest BCUT2D eigenvalue weighted by atomic mass is 10.2. The van der Waals surface area contributed by atoms with Crippen LogP contribution in [0.3, 0.4) is 0 Å². The Balaban J connectivity index is 1.99. The minimum absolute atomic E-state index is 0.344. The van der Waals surface area contributed by atoms with Gasteiger partial charge in [0.15, 0.2) is 0 Å². The third kappa shape index (κ3) is 4.17. The first-order valence-corrected chi connectivity index (χ1v) is 6.44. The van der Waals surface area contributed by atoms with E-state index in [0.717, 1.165) is 17.0 Å². The number of hydrogen-bond donors (Lipinski definition) is 1. The van der Waals surface area contributed by atoms with Crippen LogP contribution in [0, 0.1) is 13.8 Å². The molecule has 0 bridgehead atoms. The molecule has 110 valence electrons. The van der Waals surface area contributed by atoms with Crippen molar-refractivity contribution in [1.82, 2.24) is 9.97 Å². The Labute approximate surface area is 123 Å². The summed E-state index contributed by atoms with van der Waals surface area (Å²) >= 11 is 0. The number of hydrogen-bond acceptors (Lipinski definition) is 5. The Bertz CT molecular complexity index is 627. The number of amides is 1. The quantitative estimate of drug-likeness (QED) is 0.936. The molecule has 0 unspecified atom stereocenters. The molecular formula is C15H17N3O3. The zero-order valence-corrected chi connectivity index (χ0v) is 12.2. The highest BCUT2D eigenvalue weighted by Gasteiger charge is 2.05. The number of ether oxygens (including phenoxy) is 2. The second-order valence-corrected chi connectivity index (χ2v) is 4.53. The predicted octanol–water partition coefficient (Wildman–Crippen LogP) is 2.85. The van der Waals surface area contributed by atoms with Crippen LogP contribution in [0.4, 0.5) is 10.5 Å². The Morgan fingerprint density at radius 3 is 2.67 bits per heavy atom. The summed E-state index contributed by atoms with van der Waals surface area (Å²) < 4.78 is 10.2. The molecule has 0 aliphatic rings. The summed E-state index contributed by atoms with van der Waals surface area (Å²) in [5.74, 6) is 0.699. The molecule has 0 saturated carbocycles. The average molecular weight is 287 g/mol. The summed E-state index contributed by atoms with van der Waals surface area (Å²) in [4.78, 5) is 19.6. The van der Waals surface area contributed by atoms with Crippen LogP contribution >= 0.6 is 0 Å². The molecule has 0 radical (unpaired) electrons. The average Bonchev–Trinajstić information content (AvgIpc) is 2.49. The zero-order valence-electron chi connectivity index (χ0n) is 12.2. The van der Waals surface area contributed by atoms with Crippen molar-refractivity contribution in [2.24, 2.45) is 0 Å². The van der Waals surface area contributed by atoms with Crippen LogP contribution in [0.15, 0.2) is 30.6 Å². The third-order valence-electron chi connectivity index (χ3n) is 2.84. The first-order valence-electron chi connectivity index (χ1n) is 6.44. The maximum absolute atomic E-state index is 11.2. The molecule has 1 aromatic carbocycles. The minimum atomic E-state index is -0.498. The minimum Gasteiger partial charge on any atom is -0.487 e. The first-order chi connectivity index (χ1) is 10.1. The summed E-state index contributed by atoms with van der Waals surface area (Å²) in [5, 5.41) is 2.63. The number of benzene rings is 1. The smallest absolute Gasteiger partial charge is 0.411 e. The summed E-state index contributed by atoms with van der Waals surface area (Å²) in [6.07, 6.45) is 2.89. The first kappa shape index (κ1) is 14.8. The molecule has 0 aliphatic carbocycles. The Hall–Kier alpha value is -2.63. The number of nitrogens with one attached hydrogen (secondary N) is 1. The molecule has 2 rings (SSSR count).